The average molecular weight is 446 g/mol. The number of carbonyl (C=O) groups excluding carboxylic acids is 1. The van der Waals surface area contributed by atoms with E-state index in [1.54, 1.807) is 0 Å². The van der Waals surface area contributed by atoms with Crippen molar-refractivity contribution in [1.29, 1.82) is 5.26 Å². The van der Waals surface area contributed by atoms with Crippen LogP contribution in [0.1, 0.15) is 56.1 Å². The van der Waals surface area contributed by atoms with E-state index in [4.69, 9.17) is 10.00 Å². The Bertz CT molecular complexity index is 922. The van der Waals surface area contributed by atoms with Crippen LogP contribution in [0.15, 0.2) is 54.6 Å². The summed E-state index contributed by atoms with van der Waals surface area (Å²) in [4.78, 5) is 14.9. The molecule has 2 fully saturated rings. The summed E-state index contributed by atoms with van der Waals surface area (Å²) >= 11 is 0. The van der Waals surface area contributed by atoms with E-state index in [0.29, 0.717) is 24.0 Å². The minimum Gasteiger partial charge on any atom is -0.449 e. The zero-order valence-electron chi connectivity index (χ0n) is 19.4. The number of nitriles is 1. The van der Waals surface area contributed by atoms with Gasteiger partial charge < -0.3 is 15.0 Å². The molecule has 0 spiro atoms. The second-order valence-electron chi connectivity index (χ2n) is 9.52. The number of nitrogens with one attached hydrogen (secondary N) is 1. The SMILES string of the molecule is N#Cc1ccc(N2CCC[C@H](C[C@@H]3CCCC[C@H]3NC(=O)OCCc3ccccc3)C2)cc1. The van der Waals surface area contributed by atoms with Crippen LogP contribution in [0.3, 0.4) is 0 Å². The Morgan fingerprint density at radius 3 is 2.61 bits per heavy atom. The number of benzene rings is 2. The first kappa shape index (κ1) is 23.2. The van der Waals surface area contributed by atoms with Gasteiger partial charge in [0.25, 0.3) is 0 Å². The number of carbonyl (C=O) groups is 1. The number of piperidine rings is 1. The minimum atomic E-state index is -0.273. The van der Waals surface area contributed by atoms with Gasteiger partial charge in [0.05, 0.1) is 18.2 Å². The first-order valence-electron chi connectivity index (χ1n) is 12.4. The first-order chi connectivity index (χ1) is 16.2. The summed E-state index contributed by atoms with van der Waals surface area (Å²) < 4.78 is 5.50. The van der Waals surface area contributed by atoms with Crippen molar-refractivity contribution in [2.45, 2.75) is 57.4 Å². The summed E-state index contributed by atoms with van der Waals surface area (Å²) in [6.45, 7) is 2.54. The molecule has 0 radical (unpaired) electrons. The topological polar surface area (TPSA) is 65.4 Å². The zero-order valence-corrected chi connectivity index (χ0v) is 19.4. The van der Waals surface area contributed by atoms with Gasteiger partial charge in [-0.1, -0.05) is 43.2 Å². The van der Waals surface area contributed by atoms with Crippen LogP contribution in [0.25, 0.3) is 0 Å². The Morgan fingerprint density at radius 1 is 1.03 bits per heavy atom. The molecule has 1 N–H and O–H groups in total. The lowest BCUT2D eigenvalue weighted by Crippen LogP contribution is -2.44. The Hall–Kier alpha value is -3.00. The van der Waals surface area contributed by atoms with Gasteiger partial charge in [-0.15, -0.1) is 0 Å². The van der Waals surface area contributed by atoms with Gasteiger partial charge in [-0.2, -0.15) is 5.26 Å². The predicted octanol–water partition coefficient (Wildman–Crippen LogP) is 5.69. The second-order valence-corrected chi connectivity index (χ2v) is 9.52. The lowest BCUT2D eigenvalue weighted by molar-refractivity contribution is 0.129. The molecule has 5 heteroatoms. The minimum absolute atomic E-state index is 0.216. The third-order valence-electron chi connectivity index (χ3n) is 7.20. The van der Waals surface area contributed by atoms with E-state index in [0.717, 1.165) is 32.4 Å². The smallest absolute Gasteiger partial charge is 0.407 e. The highest BCUT2D eigenvalue weighted by atomic mass is 16.5. The molecular formula is C28H35N3O2. The van der Waals surface area contributed by atoms with Crippen LogP contribution in [0.5, 0.6) is 0 Å². The lowest BCUT2D eigenvalue weighted by atomic mass is 9.77. The zero-order chi connectivity index (χ0) is 22.9. The number of amides is 1. The highest BCUT2D eigenvalue weighted by Gasteiger charge is 2.31. The molecule has 1 saturated carbocycles. The van der Waals surface area contributed by atoms with Crippen LogP contribution in [0.4, 0.5) is 10.5 Å². The first-order valence-corrected chi connectivity index (χ1v) is 12.4. The van der Waals surface area contributed by atoms with Crippen LogP contribution in [-0.2, 0) is 11.2 Å². The molecule has 2 aliphatic rings. The van der Waals surface area contributed by atoms with Crippen molar-refractivity contribution in [3.05, 3.63) is 65.7 Å². The number of ether oxygens (including phenoxy) is 1. The quantitative estimate of drug-likeness (QED) is 0.594. The Balaban J connectivity index is 1.26. The summed E-state index contributed by atoms with van der Waals surface area (Å²) in [5.74, 6) is 1.15. The van der Waals surface area contributed by atoms with Crippen molar-refractivity contribution in [1.82, 2.24) is 5.32 Å². The maximum atomic E-state index is 12.5. The molecule has 33 heavy (non-hydrogen) atoms. The second kappa shape index (κ2) is 11.7. The number of hydrogen-bond acceptors (Lipinski definition) is 4. The van der Waals surface area contributed by atoms with Gasteiger partial charge in [-0.05, 0) is 73.8 Å². The monoisotopic (exact) mass is 445 g/mol. The summed E-state index contributed by atoms with van der Waals surface area (Å²) in [6, 6.07) is 20.5. The van der Waals surface area contributed by atoms with Crippen molar-refractivity contribution in [3.8, 4) is 6.07 Å². The summed E-state index contributed by atoms with van der Waals surface area (Å²) in [5, 5.41) is 12.2. The molecule has 1 heterocycles. The summed E-state index contributed by atoms with van der Waals surface area (Å²) in [7, 11) is 0. The van der Waals surface area contributed by atoms with Crippen LogP contribution in [-0.4, -0.2) is 31.8 Å². The van der Waals surface area contributed by atoms with E-state index in [1.165, 1.54) is 43.4 Å². The molecule has 2 aromatic rings. The largest absolute Gasteiger partial charge is 0.449 e. The van der Waals surface area contributed by atoms with Gasteiger partial charge in [-0.25, -0.2) is 4.79 Å². The number of alkyl carbamates (subject to hydrolysis) is 1. The van der Waals surface area contributed by atoms with E-state index in [1.807, 2.05) is 30.3 Å². The Morgan fingerprint density at radius 2 is 1.82 bits per heavy atom. The van der Waals surface area contributed by atoms with E-state index in [2.05, 4.69) is 40.6 Å². The van der Waals surface area contributed by atoms with Gasteiger partial charge >= 0.3 is 6.09 Å². The Labute approximate surface area is 197 Å². The normalized spacial score (nSPS) is 22.9. The number of hydrogen-bond donors (Lipinski definition) is 1. The highest BCUT2D eigenvalue weighted by molar-refractivity contribution is 5.67. The van der Waals surface area contributed by atoms with E-state index in [-0.39, 0.29) is 12.1 Å². The molecule has 0 aromatic heterocycles. The molecule has 0 unspecified atom stereocenters. The molecule has 5 nitrogen and oxygen atoms in total. The molecule has 1 aliphatic heterocycles. The van der Waals surface area contributed by atoms with Crippen LogP contribution in [0.2, 0.25) is 0 Å². The number of nitrogens with zero attached hydrogens (tertiary/aromatic N) is 2. The molecule has 1 amide bonds. The average Bonchev–Trinajstić information content (AvgIpc) is 2.86. The van der Waals surface area contributed by atoms with Gasteiger partial charge in [0.1, 0.15) is 0 Å². The molecule has 4 rings (SSSR count). The van der Waals surface area contributed by atoms with Crippen LogP contribution >= 0.6 is 0 Å². The molecule has 174 valence electrons. The van der Waals surface area contributed by atoms with Gasteiger partial charge in [0, 0.05) is 31.2 Å². The van der Waals surface area contributed by atoms with E-state index in [9.17, 15) is 4.79 Å². The molecule has 0 bridgehead atoms. The van der Waals surface area contributed by atoms with E-state index < -0.39 is 0 Å². The molecule has 1 saturated heterocycles. The number of rotatable bonds is 7. The van der Waals surface area contributed by atoms with Crippen LogP contribution in [0, 0.1) is 23.2 Å². The fourth-order valence-electron chi connectivity index (χ4n) is 5.45. The maximum absolute atomic E-state index is 12.5. The third-order valence-corrected chi connectivity index (χ3v) is 7.20. The van der Waals surface area contributed by atoms with Crippen molar-refractivity contribution in [3.63, 3.8) is 0 Å². The third kappa shape index (κ3) is 6.74. The van der Waals surface area contributed by atoms with Crippen molar-refractivity contribution < 1.29 is 9.53 Å². The molecule has 2 aromatic carbocycles. The van der Waals surface area contributed by atoms with Crippen molar-refractivity contribution in [2.24, 2.45) is 11.8 Å². The standard InChI is InChI=1S/C28H35N3O2/c29-20-23-12-14-26(15-13-23)31-17-6-9-24(21-31)19-25-10-4-5-11-27(25)30-28(32)33-18-16-22-7-2-1-3-8-22/h1-3,7-8,12-15,24-25,27H,4-6,9-11,16-19,21H2,(H,30,32)/t24-,25+,27-/m1/s1. The molecular weight excluding hydrogens is 410 g/mol. The van der Waals surface area contributed by atoms with Gasteiger partial charge in [0.2, 0.25) is 0 Å². The summed E-state index contributed by atoms with van der Waals surface area (Å²) in [6.07, 6.45) is 8.72. The fourth-order valence-corrected chi connectivity index (χ4v) is 5.45. The van der Waals surface area contributed by atoms with Crippen LogP contribution < -0.4 is 10.2 Å². The van der Waals surface area contributed by atoms with Gasteiger partial charge in [-0.3, -0.25) is 0 Å². The van der Waals surface area contributed by atoms with Gasteiger partial charge in [0.15, 0.2) is 0 Å². The fraction of sp³-hybridized carbons (Fsp3) is 0.500. The summed E-state index contributed by atoms with van der Waals surface area (Å²) in [5.41, 5.74) is 3.10. The predicted molar refractivity (Wildman–Crippen MR) is 131 cm³/mol. The van der Waals surface area contributed by atoms with Crippen molar-refractivity contribution >= 4 is 11.8 Å². The molecule has 1 aliphatic carbocycles. The Kier molecular flexibility index (Phi) is 8.24. The van der Waals surface area contributed by atoms with E-state index >= 15 is 0 Å². The van der Waals surface area contributed by atoms with Crippen molar-refractivity contribution in [2.75, 3.05) is 24.6 Å². The number of anilines is 1. The highest BCUT2D eigenvalue weighted by Crippen LogP contribution is 2.34. The molecule has 3 atom stereocenters. The lowest BCUT2D eigenvalue weighted by Gasteiger charge is -2.39. The maximum Gasteiger partial charge on any atom is 0.407 e.